The maximum Gasteiger partial charge on any atom is 0.240 e. The molecule has 0 bridgehead atoms. The quantitative estimate of drug-likeness (QED) is 0.599. The van der Waals surface area contributed by atoms with Crippen molar-refractivity contribution in [2.24, 2.45) is 5.10 Å². The van der Waals surface area contributed by atoms with Gasteiger partial charge in [0.1, 0.15) is 0 Å². The second kappa shape index (κ2) is 6.77. The number of carbonyl (C=O) groups is 1. The molecule has 0 spiro atoms. The Balaban J connectivity index is 2.31. The molecule has 0 unspecified atom stereocenters. The molecular weight excluding hydrogens is 200 g/mol. The van der Waals surface area contributed by atoms with E-state index in [0.29, 0.717) is 6.42 Å². The molecule has 1 aromatic carbocycles. The van der Waals surface area contributed by atoms with Gasteiger partial charge >= 0.3 is 0 Å². The minimum atomic E-state index is -0.0309. The summed E-state index contributed by atoms with van der Waals surface area (Å²) >= 11 is 0. The molecule has 0 fully saturated rings. The summed E-state index contributed by atoms with van der Waals surface area (Å²) in [7, 11) is 0. The fraction of sp³-hybridized carbons (Fsp3) is 0.385. The fourth-order valence-corrected chi connectivity index (χ4v) is 1.20. The first-order valence-corrected chi connectivity index (χ1v) is 5.58. The van der Waals surface area contributed by atoms with E-state index >= 15 is 0 Å². The Labute approximate surface area is 96.6 Å². The molecule has 0 saturated carbocycles. The molecule has 0 atom stereocenters. The predicted molar refractivity (Wildman–Crippen MR) is 66.3 cm³/mol. The van der Waals surface area contributed by atoms with Crippen molar-refractivity contribution in [2.75, 3.05) is 0 Å². The van der Waals surface area contributed by atoms with Crippen LogP contribution in [0, 0.1) is 0 Å². The van der Waals surface area contributed by atoms with Gasteiger partial charge in [-0.15, -0.1) is 0 Å². The number of aryl methyl sites for hydroxylation is 1. The summed E-state index contributed by atoms with van der Waals surface area (Å²) in [6.45, 7) is 3.91. The lowest BCUT2D eigenvalue weighted by molar-refractivity contribution is -0.121. The van der Waals surface area contributed by atoms with Crippen LogP contribution in [0.3, 0.4) is 0 Å². The summed E-state index contributed by atoms with van der Waals surface area (Å²) in [5, 5.41) is 3.97. The molecular formula is C13H18N2O. The third-order valence-corrected chi connectivity index (χ3v) is 2.37. The summed E-state index contributed by atoms with van der Waals surface area (Å²) in [5.41, 5.74) is 4.67. The van der Waals surface area contributed by atoms with Gasteiger partial charge in [0.05, 0.1) is 0 Å². The van der Waals surface area contributed by atoms with Crippen molar-refractivity contribution in [1.82, 2.24) is 5.43 Å². The first kappa shape index (κ1) is 12.4. The van der Waals surface area contributed by atoms with E-state index in [0.717, 1.165) is 18.6 Å². The molecule has 0 aromatic heterocycles. The zero-order valence-corrected chi connectivity index (χ0v) is 9.86. The standard InChI is InChI=1S/C13H18N2O/c1-3-11(2)14-15-13(16)10-9-12-7-5-4-6-8-12/h4-8H,3,9-10H2,1-2H3,(H,15,16)/b14-11-. The number of hydrazone groups is 1. The number of hydrogen-bond donors (Lipinski definition) is 1. The molecule has 1 aromatic rings. The van der Waals surface area contributed by atoms with Crippen molar-refractivity contribution >= 4 is 11.6 Å². The topological polar surface area (TPSA) is 41.5 Å². The summed E-state index contributed by atoms with van der Waals surface area (Å²) in [5.74, 6) is -0.0309. The first-order valence-electron chi connectivity index (χ1n) is 5.58. The number of nitrogens with one attached hydrogen (secondary N) is 1. The Morgan fingerprint density at radius 1 is 1.31 bits per heavy atom. The minimum Gasteiger partial charge on any atom is -0.273 e. The van der Waals surface area contributed by atoms with Crippen LogP contribution in [0.4, 0.5) is 0 Å². The number of benzene rings is 1. The van der Waals surface area contributed by atoms with Gasteiger partial charge in [-0.25, -0.2) is 5.43 Å². The van der Waals surface area contributed by atoms with Gasteiger partial charge in [0.2, 0.25) is 5.91 Å². The smallest absolute Gasteiger partial charge is 0.240 e. The monoisotopic (exact) mass is 218 g/mol. The molecule has 1 amide bonds. The number of carbonyl (C=O) groups excluding carboxylic acids is 1. The summed E-state index contributed by atoms with van der Waals surface area (Å²) in [6, 6.07) is 9.97. The van der Waals surface area contributed by atoms with Crippen molar-refractivity contribution in [3.05, 3.63) is 35.9 Å². The third-order valence-electron chi connectivity index (χ3n) is 2.37. The van der Waals surface area contributed by atoms with Crippen LogP contribution in [0.1, 0.15) is 32.3 Å². The van der Waals surface area contributed by atoms with Gasteiger partial charge in [-0.2, -0.15) is 5.10 Å². The predicted octanol–water partition coefficient (Wildman–Crippen LogP) is 2.52. The Hall–Kier alpha value is -1.64. The molecule has 3 nitrogen and oxygen atoms in total. The highest BCUT2D eigenvalue weighted by atomic mass is 16.2. The Kier molecular flexibility index (Phi) is 5.26. The van der Waals surface area contributed by atoms with Crippen LogP contribution in [0.2, 0.25) is 0 Å². The number of nitrogens with zero attached hydrogens (tertiary/aromatic N) is 1. The number of rotatable bonds is 5. The van der Waals surface area contributed by atoms with E-state index in [1.54, 1.807) is 0 Å². The summed E-state index contributed by atoms with van der Waals surface area (Å²) in [6.07, 6.45) is 2.09. The molecule has 3 heteroatoms. The van der Waals surface area contributed by atoms with Gasteiger partial charge in [0, 0.05) is 12.1 Å². The van der Waals surface area contributed by atoms with Crippen molar-refractivity contribution in [2.45, 2.75) is 33.1 Å². The highest BCUT2D eigenvalue weighted by Gasteiger charge is 2.00. The van der Waals surface area contributed by atoms with Gasteiger partial charge in [-0.05, 0) is 25.3 Å². The van der Waals surface area contributed by atoms with Crippen molar-refractivity contribution in [3.8, 4) is 0 Å². The Morgan fingerprint density at radius 3 is 2.62 bits per heavy atom. The molecule has 0 aliphatic rings. The highest BCUT2D eigenvalue weighted by molar-refractivity contribution is 5.84. The van der Waals surface area contributed by atoms with Crippen LogP contribution >= 0.6 is 0 Å². The molecule has 1 rings (SSSR count). The average molecular weight is 218 g/mol. The summed E-state index contributed by atoms with van der Waals surface area (Å²) < 4.78 is 0. The van der Waals surface area contributed by atoms with Crippen LogP contribution in [-0.2, 0) is 11.2 Å². The molecule has 86 valence electrons. The van der Waals surface area contributed by atoms with Gasteiger partial charge in [-0.1, -0.05) is 37.3 Å². The number of amides is 1. The van der Waals surface area contributed by atoms with E-state index in [4.69, 9.17) is 0 Å². The zero-order chi connectivity index (χ0) is 11.8. The van der Waals surface area contributed by atoms with E-state index in [2.05, 4.69) is 10.5 Å². The van der Waals surface area contributed by atoms with Crippen LogP contribution in [0.25, 0.3) is 0 Å². The van der Waals surface area contributed by atoms with Crippen molar-refractivity contribution in [3.63, 3.8) is 0 Å². The van der Waals surface area contributed by atoms with Crippen LogP contribution < -0.4 is 5.43 Å². The van der Waals surface area contributed by atoms with Gasteiger partial charge in [-0.3, -0.25) is 4.79 Å². The summed E-state index contributed by atoms with van der Waals surface area (Å²) in [4.78, 5) is 11.4. The van der Waals surface area contributed by atoms with E-state index in [1.165, 1.54) is 5.56 Å². The molecule has 0 saturated heterocycles. The van der Waals surface area contributed by atoms with Gasteiger partial charge < -0.3 is 0 Å². The Morgan fingerprint density at radius 2 is 2.00 bits per heavy atom. The Bertz CT molecular complexity index is 357. The minimum absolute atomic E-state index is 0.0309. The largest absolute Gasteiger partial charge is 0.273 e. The number of hydrogen-bond acceptors (Lipinski definition) is 2. The van der Waals surface area contributed by atoms with Crippen LogP contribution in [-0.4, -0.2) is 11.6 Å². The molecule has 1 N–H and O–H groups in total. The third kappa shape index (κ3) is 4.73. The van der Waals surface area contributed by atoms with E-state index < -0.39 is 0 Å². The SMILES string of the molecule is CC/C(C)=N\NC(=O)CCc1ccccc1. The zero-order valence-electron chi connectivity index (χ0n) is 9.86. The second-order valence-corrected chi connectivity index (χ2v) is 3.72. The fourth-order valence-electron chi connectivity index (χ4n) is 1.20. The van der Waals surface area contributed by atoms with Crippen molar-refractivity contribution < 1.29 is 4.79 Å². The van der Waals surface area contributed by atoms with E-state index in [1.807, 2.05) is 44.2 Å². The second-order valence-electron chi connectivity index (χ2n) is 3.72. The van der Waals surface area contributed by atoms with Crippen LogP contribution in [0.5, 0.6) is 0 Å². The van der Waals surface area contributed by atoms with Gasteiger partial charge in [0.25, 0.3) is 0 Å². The molecule has 0 radical (unpaired) electrons. The highest BCUT2D eigenvalue weighted by Crippen LogP contribution is 2.01. The molecule has 0 heterocycles. The van der Waals surface area contributed by atoms with Crippen molar-refractivity contribution in [1.29, 1.82) is 0 Å². The lowest BCUT2D eigenvalue weighted by atomic mass is 10.1. The average Bonchev–Trinajstić information content (AvgIpc) is 2.34. The normalized spacial score (nSPS) is 11.2. The maximum absolute atomic E-state index is 11.4. The van der Waals surface area contributed by atoms with Crippen LogP contribution in [0.15, 0.2) is 35.4 Å². The van der Waals surface area contributed by atoms with E-state index in [-0.39, 0.29) is 5.91 Å². The molecule has 16 heavy (non-hydrogen) atoms. The first-order chi connectivity index (χ1) is 7.72. The maximum atomic E-state index is 11.4. The van der Waals surface area contributed by atoms with Gasteiger partial charge in [0.15, 0.2) is 0 Å². The molecule has 0 aliphatic heterocycles. The van der Waals surface area contributed by atoms with E-state index in [9.17, 15) is 4.79 Å². The molecule has 0 aliphatic carbocycles. The lowest BCUT2D eigenvalue weighted by Crippen LogP contribution is -2.19. The lowest BCUT2D eigenvalue weighted by Gasteiger charge is -2.01.